The van der Waals surface area contributed by atoms with Crippen molar-refractivity contribution in [1.82, 2.24) is 4.57 Å². The van der Waals surface area contributed by atoms with Crippen molar-refractivity contribution >= 4 is 17.0 Å². The van der Waals surface area contributed by atoms with Gasteiger partial charge < -0.3 is 4.74 Å². The van der Waals surface area contributed by atoms with E-state index in [1.54, 1.807) is 39.8 Å². The standard InChI is InChI=1S/C14H16NO3.Rf/c1-9-10-7-5-6-8-11(10)15(12(9)16)13(17)18-14(2,3)4;/h5-8H,1-4H3;/q-1;. The number of aryl methyl sites for hydroxylation is 1. The summed E-state index contributed by atoms with van der Waals surface area (Å²) in [5.41, 5.74) is 0.221. The smallest absolute Gasteiger partial charge is 0.409 e. The zero-order chi connectivity index (χ0) is 13.5. The molecule has 0 N–H and O–H groups in total. The fourth-order valence-corrected chi connectivity index (χ4v) is 1.87. The number of rotatable bonds is 0. The van der Waals surface area contributed by atoms with Crippen LogP contribution < -0.4 is 5.56 Å². The van der Waals surface area contributed by atoms with Crippen LogP contribution in [-0.2, 0) is 4.74 Å². The molecule has 0 aliphatic heterocycles. The minimum absolute atomic E-state index is 0. The molecule has 0 aliphatic carbocycles. The van der Waals surface area contributed by atoms with Crippen LogP contribution >= 0.6 is 0 Å². The first-order valence-electron chi connectivity index (χ1n) is 5.81. The molecule has 98 valence electrons. The van der Waals surface area contributed by atoms with Gasteiger partial charge in [-0.05, 0) is 26.3 Å². The maximum atomic E-state index is 12.1. The van der Waals surface area contributed by atoms with Gasteiger partial charge in [0.15, 0.2) is 5.56 Å². The Morgan fingerprint density at radius 3 is 2.42 bits per heavy atom. The zero-order valence-corrected chi connectivity index (χ0v) is 18.1. The van der Waals surface area contributed by atoms with E-state index < -0.39 is 11.7 Å². The Bertz CT molecular complexity index is 661. The van der Waals surface area contributed by atoms with Crippen molar-refractivity contribution in [3.63, 3.8) is 0 Å². The van der Waals surface area contributed by atoms with Gasteiger partial charge in [0.1, 0.15) is 5.60 Å². The molecule has 0 fully saturated rings. The van der Waals surface area contributed by atoms with Crippen molar-refractivity contribution in [2.75, 3.05) is 0 Å². The Kier molecular flexibility index (Phi) is 3.24. The molecule has 0 saturated heterocycles. The number of carbonyl (C=O) groups excluding carboxylic acids is 1. The quantitative estimate of drug-likeness (QED) is 0.510. The molecule has 4 nitrogen and oxygen atoms in total. The fourth-order valence-electron chi connectivity index (χ4n) is 1.87. The summed E-state index contributed by atoms with van der Waals surface area (Å²) in [5, 5.41) is 0.786. The van der Waals surface area contributed by atoms with Crippen molar-refractivity contribution in [2.24, 2.45) is 0 Å². The molecule has 0 atom stereocenters. The van der Waals surface area contributed by atoms with E-state index in [9.17, 15) is 9.59 Å². The molecule has 2 aromatic rings. The Morgan fingerprint density at radius 2 is 1.84 bits per heavy atom. The van der Waals surface area contributed by atoms with Crippen molar-refractivity contribution < 1.29 is 9.53 Å². The topological polar surface area (TPSA) is 48.3 Å². The second-order valence-electron chi connectivity index (χ2n) is 5.26. The van der Waals surface area contributed by atoms with Gasteiger partial charge in [0.2, 0.25) is 0 Å². The van der Waals surface area contributed by atoms with Gasteiger partial charge in [0, 0.05) is 0 Å². The number of aromatic nitrogens is 1. The van der Waals surface area contributed by atoms with E-state index in [0.717, 1.165) is 9.95 Å². The number of carbonyl (C=O) groups is 1. The monoisotopic (exact) mass is 513 g/mol. The van der Waals surface area contributed by atoms with Crippen LogP contribution in [0.4, 0.5) is 4.79 Å². The number of para-hydroxylation sites is 1. The molecular weight excluding hydrogens is 497 g/mol. The number of nitrogens with zero attached hydrogens (tertiary/aromatic N) is 1. The second-order valence-corrected chi connectivity index (χ2v) is 5.26. The molecule has 1 heterocycles. The number of hydrogen-bond acceptors (Lipinski definition) is 3. The molecule has 0 aliphatic rings. The van der Waals surface area contributed by atoms with Crippen LogP contribution in [0.1, 0.15) is 26.3 Å². The summed E-state index contributed by atoms with van der Waals surface area (Å²) in [4.78, 5) is 24.1. The largest absolute Gasteiger partial charge is 0.444 e. The van der Waals surface area contributed by atoms with Crippen molar-refractivity contribution in [1.29, 1.82) is 0 Å². The van der Waals surface area contributed by atoms with E-state index in [0.29, 0.717) is 11.1 Å². The van der Waals surface area contributed by atoms with E-state index >= 15 is 0 Å². The molecule has 0 unspecified atom stereocenters. The molecule has 19 heavy (non-hydrogen) atoms. The van der Waals surface area contributed by atoms with Crippen LogP contribution in [0.3, 0.4) is 0 Å². The third kappa shape index (κ3) is 2.34. The van der Waals surface area contributed by atoms with E-state index in [4.69, 9.17) is 4.74 Å². The van der Waals surface area contributed by atoms with Gasteiger partial charge in [-0.2, -0.15) is 11.5 Å². The first-order valence-corrected chi connectivity index (χ1v) is 5.81. The molecule has 0 bridgehead atoms. The van der Waals surface area contributed by atoms with Gasteiger partial charge >= 0.3 is 6.09 Å². The molecule has 1 aromatic heterocycles. The van der Waals surface area contributed by atoms with Gasteiger partial charge in [0.05, 0.1) is 0 Å². The van der Waals surface area contributed by atoms with Gasteiger partial charge in [-0.3, -0.25) is 9.36 Å². The van der Waals surface area contributed by atoms with Gasteiger partial charge in [-0.15, -0.1) is 6.07 Å². The number of fused-ring (bicyclic) bond motifs is 1. The number of ether oxygens (including phenoxy) is 1. The molecule has 0 spiro atoms. The summed E-state index contributed by atoms with van der Waals surface area (Å²) in [6, 6.07) is 7.21. The average Bonchev–Trinajstić information content (AvgIpc) is 2.50. The summed E-state index contributed by atoms with van der Waals surface area (Å²) in [6.07, 6.45) is -0.628. The average molecular weight is 513 g/mol. The fraction of sp³-hybridized carbons (Fsp3) is 0.357. The normalized spacial score (nSPS) is 11.2. The first-order chi connectivity index (χ1) is 8.31. The third-order valence-electron chi connectivity index (χ3n) is 2.65. The maximum absolute atomic E-state index is 12.1. The van der Waals surface area contributed by atoms with Crippen molar-refractivity contribution in [3.05, 3.63) is 40.2 Å². The Labute approximate surface area is 105 Å². The summed E-state index contributed by atoms with van der Waals surface area (Å²) in [7, 11) is 0. The molecule has 0 amide bonds. The summed E-state index contributed by atoms with van der Waals surface area (Å²) in [6.45, 7) is 7.03. The maximum Gasteiger partial charge on any atom is 0.409 e. The van der Waals surface area contributed by atoms with Crippen LogP contribution in [-0.4, -0.2) is 16.3 Å². The predicted octanol–water partition coefficient (Wildman–Crippen LogP) is 2.81. The van der Waals surface area contributed by atoms with Gasteiger partial charge in [0.25, 0.3) is 0 Å². The minimum atomic E-state index is -0.628. The zero-order valence-electron chi connectivity index (χ0n) is 11.7. The van der Waals surface area contributed by atoms with E-state index in [2.05, 4.69) is 0 Å². The third-order valence-corrected chi connectivity index (χ3v) is 2.65. The molecular formula is C14H16NO3Rf-. The Morgan fingerprint density at radius 1 is 1.26 bits per heavy atom. The van der Waals surface area contributed by atoms with Crippen molar-refractivity contribution in [3.8, 4) is 0 Å². The second kappa shape index (κ2) is 4.37. The van der Waals surface area contributed by atoms with Crippen LogP contribution in [0.15, 0.2) is 29.1 Å². The van der Waals surface area contributed by atoms with Gasteiger partial charge in [-0.1, -0.05) is 24.6 Å². The molecule has 5 heteroatoms. The van der Waals surface area contributed by atoms with Crippen LogP contribution in [0.2, 0.25) is 0 Å². The van der Waals surface area contributed by atoms with Crippen LogP contribution in [0.5, 0.6) is 0 Å². The minimum Gasteiger partial charge on any atom is -0.444 e. The Balaban J connectivity index is 0.00000180. The molecule has 1 aromatic carbocycles. The SMILES string of the molecule is C[c-]1c(=O)n(C(=O)OC(C)(C)C)c2ccccc21.[Rf]. The molecule has 0 radical (unpaired) electrons. The van der Waals surface area contributed by atoms with Crippen LogP contribution in [0, 0.1) is 6.92 Å². The number of benzene rings is 1. The van der Waals surface area contributed by atoms with Crippen molar-refractivity contribution in [2.45, 2.75) is 33.3 Å². The Hall–Kier alpha value is -2.97. The molecule has 2 rings (SSSR count). The number of hydrogen-bond donors (Lipinski definition) is 0. The summed E-state index contributed by atoms with van der Waals surface area (Å²) >= 11 is 0. The molecule has 0 saturated carbocycles. The van der Waals surface area contributed by atoms with E-state index in [1.807, 2.05) is 12.1 Å². The summed E-state index contributed by atoms with van der Waals surface area (Å²) in [5.74, 6) is 0. The van der Waals surface area contributed by atoms with Gasteiger partial charge in [-0.25, -0.2) is 4.79 Å². The van der Waals surface area contributed by atoms with E-state index in [-0.39, 0.29) is 5.56 Å². The van der Waals surface area contributed by atoms with E-state index in [1.165, 1.54) is 0 Å². The first kappa shape index (κ1) is 14.1. The predicted molar refractivity (Wildman–Crippen MR) is 70.2 cm³/mol. The summed E-state index contributed by atoms with van der Waals surface area (Å²) < 4.78 is 6.34. The van der Waals surface area contributed by atoms with Crippen LogP contribution in [0.25, 0.3) is 10.9 Å².